The van der Waals surface area contributed by atoms with Crippen molar-refractivity contribution >= 4 is 5.91 Å². The van der Waals surface area contributed by atoms with Crippen molar-refractivity contribution in [2.75, 3.05) is 0 Å². The Morgan fingerprint density at radius 1 is 1.36 bits per heavy atom. The standard InChI is InChI=1S/C11H20N2O/c1-11(2,3)7-4-6(7)10(14)13-9-5-8(9)12/h6-9H,4-5,12H2,1-3H3,(H,13,14). The Balaban J connectivity index is 1.79. The van der Waals surface area contributed by atoms with Crippen LogP contribution in [0.1, 0.15) is 33.6 Å². The summed E-state index contributed by atoms with van der Waals surface area (Å²) in [5, 5.41) is 3.00. The molecule has 4 atom stereocenters. The Labute approximate surface area is 85.4 Å². The van der Waals surface area contributed by atoms with Crippen LogP contribution in [0.25, 0.3) is 0 Å². The van der Waals surface area contributed by atoms with Gasteiger partial charge in [0, 0.05) is 18.0 Å². The van der Waals surface area contributed by atoms with Gasteiger partial charge in [0.2, 0.25) is 5.91 Å². The van der Waals surface area contributed by atoms with Crippen molar-refractivity contribution in [2.45, 2.75) is 45.7 Å². The second-order valence-corrected chi connectivity index (χ2v) is 5.83. The molecule has 14 heavy (non-hydrogen) atoms. The third-order valence-corrected chi connectivity index (χ3v) is 3.41. The van der Waals surface area contributed by atoms with Crippen LogP contribution < -0.4 is 11.1 Å². The lowest BCUT2D eigenvalue weighted by molar-refractivity contribution is -0.123. The fourth-order valence-corrected chi connectivity index (χ4v) is 2.11. The minimum atomic E-state index is 0.214. The molecule has 0 aromatic heterocycles. The minimum Gasteiger partial charge on any atom is -0.351 e. The van der Waals surface area contributed by atoms with Gasteiger partial charge in [0.15, 0.2) is 0 Å². The van der Waals surface area contributed by atoms with E-state index in [-0.39, 0.29) is 29.3 Å². The number of carbonyl (C=O) groups is 1. The van der Waals surface area contributed by atoms with E-state index < -0.39 is 0 Å². The summed E-state index contributed by atoms with van der Waals surface area (Å²) < 4.78 is 0. The first kappa shape index (κ1) is 9.97. The van der Waals surface area contributed by atoms with E-state index in [0.29, 0.717) is 5.92 Å². The molecule has 2 aliphatic rings. The van der Waals surface area contributed by atoms with Gasteiger partial charge in [-0.15, -0.1) is 0 Å². The summed E-state index contributed by atoms with van der Waals surface area (Å²) in [6.07, 6.45) is 2.01. The van der Waals surface area contributed by atoms with E-state index in [1.165, 1.54) is 0 Å². The maximum absolute atomic E-state index is 11.7. The van der Waals surface area contributed by atoms with E-state index in [1.54, 1.807) is 0 Å². The molecule has 3 nitrogen and oxygen atoms in total. The molecule has 0 aromatic rings. The van der Waals surface area contributed by atoms with Crippen molar-refractivity contribution in [1.29, 1.82) is 0 Å². The maximum atomic E-state index is 11.7. The van der Waals surface area contributed by atoms with Gasteiger partial charge >= 0.3 is 0 Å². The Kier molecular flexibility index (Phi) is 2.11. The Hall–Kier alpha value is -0.570. The Morgan fingerprint density at radius 3 is 2.29 bits per heavy atom. The number of nitrogens with one attached hydrogen (secondary N) is 1. The van der Waals surface area contributed by atoms with Crippen molar-refractivity contribution < 1.29 is 4.79 Å². The van der Waals surface area contributed by atoms with E-state index in [0.717, 1.165) is 12.8 Å². The molecular weight excluding hydrogens is 176 g/mol. The molecule has 2 aliphatic carbocycles. The Morgan fingerprint density at radius 2 is 1.93 bits per heavy atom. The zero-order valence-electron chi connectivity index (χ0n) is 9.21. The molecule has 0 bridgehead atoms. The smallest absolute Gasteiger partial charge is 0.223 e. The third kappa shape index (κ3) is 1.92. The Bertz CT molecular complexity index is 257. The summed E-state index contributed by atoms with van der Waals surface area (Å²) in [6, 6.07) is 0.481. The van der Waals surface area contributed by atoms with E-state index in [2.05, 4.69) is 26.1 Å². The van der Waals surface area contributed by atoms with Gasteiger partial charge in [-0.3, -0.25) is 4.79 Å². The maximum Gasteiger partial charge on any atom is 0.223 e. The highest BCUT2D eigenvalue weighted by Crippen LogP contribution is 2.50. The predicted molar refractivity (Wildman–Crippen MR) is 55.6 cm³/mol. The van der Waals surface area contributed by atoms with Crippen molar-refractivity contribution in [3.8, 4) is 0 Å². The molecular formula is C11H20N2O. The fourth-order valence-electron chi connectivity index (χ4n) is 2.11. The molecule has 2 saturated carbocycles. The first-order valence-corrected chi connectivity index (χ1v) is 5.45. The number of amides is 1. The van der Waals surface area contributed by atoms with Gasteiger partial charge in [-0.05, 0) is 24.2 Å². The van der Waals surface area contributed by atoms with Crippen LogP contribution in [-0.4, -0.2) is 18.0 Å². The van der Waals surface area contributed by atoms with Crippen LogP contribution in [-0.2, 0) is 4.79 Å². The second-order valence-electron chi connectivity index (χ2n) is 5.83. The molecule has 0 radical (unpaired) electrons. The lowest BCUT2D eigenvalue weighted by Crippen LogP contribution is -2.32. The first-order valence-electron chi connectivity index (χ1n) is 5.45. The van der Waals surface area contributed by atoms with Crippen LogP contribution in [0.15, 0.2) is 0 Å². The van der Waals surface area contributed by atoms with Gasteiger partial charge in [-0.2, -0.15) is 0 Å². The molecule has 80 valence electrons. The summed E-state index contributed by atoms with van der Waals surface area (Å²) in [4.78, 5) is 11.7. The van der Waals surface area contributed by atoms with Gasteiger partial charge in [-0.1, -0.05) is 20.8 Å². The molecule has 0 aliphatic heterocycles. The van der Waals surface area contributed by atoms with Gasteiger partial charge < -0.3 is 11.1 Å². The number of carbonyl (C=O) groups excluding carboxylic acids is 1. The van der Waals surface area contributed by atoms with Gasteiger partial charge in [0.25, 0.3) is 0 Å². The van der Waals surface area contributed by atoms with Gasteiger partial charge in [-0.25, -0.2) is 0 Å². The van der Waals surface area contributed by atoms with Crippen LogP contribution in [0.4, 0.5) is 0 Å². The van der Waals surface area contributed by atoms with Crippen molar-refractivity contribution in [3.63, 3.8) is 0 Å². The molecule has 0 aromatic carbocycles. The third-order valence-electron chi connectivity index (χ3n) is 3.41. The quantitative estimate of drug-likeness (QED) is 0.689. The highest BCUT2D eigenvalue weighted by molar-refractivity contribution is 5.82. The second kappa shape index (κ2) is 2.96. The van der Waals surface area contributed by atoms with Crippen LogP contribution in [0.2, 0.25) is 0 Å². The van der Waals surface area contributed by atoms with Crippen LogP contribution >= 0.6 is 0 Å². The fraction of sp³-hybridized carbons (Fsp3) is 0.909. The normalized spacial score (nSPS) is 40.6. The van der Waals surface area contributed by atoms with Gasteiger partial charge in [0.1, 0.15) is 0 Å². The zero-order chi connectivity index (χ0) is 10.5. The van der Waals surface area contributed by atoms with Crippen molar-refractivity contribution in [1.82, 2.24) is 5.32 Å². The molecule has 4 unspecified atom stereocenters. The summed E-state index contributed by atoms with van der Waals surface area (Å²) in [6.45, 7) is 6.61. The summed E-state index contributed by atoms with van der Waals surface area (Å²) in [5.41, 5.74) is 5.91. The number of hydrogen-bond donors (Lipinski definition) is 2. The molecule has 0 heterocycles. The molecule has 3 N–H and O–H groups in total. The lowest BCUT2D eigenvalue weighted by atomic mass is 9.89. The number of hydrogen-bond acceptors (Lipinski definition) is 2. The SMILES string of the molecule is CC(C)(C)C1CC1C(=O)NC1CC1N. The average Bonchev–Trinajstić information content (AvgIpc) is 2.83. The van der Waals surface area contributed by atoms with Crippen LogP contribution in [0, 0.1) is 17.3 Å². The molecule has 1 amide bonds. The van der Waals surface area contributed by atoms with Crippen LogP contribution in [0.5, 0.6) is 0 Å². The van der Waals surface area contributed by atoms with Crippen LogP contribution in [0.3, 0.4) is 0 Å². The predicted octanol–water partition coefficient (Wildman–Crippen LogP) is 0.884. The lowest BCUT2D eigenvalue weighted by Gasteiger charge is -2.17. The van der Waals surface area contributed by atoms with E-state index >= 15 is 0 Å². The average molecular weight is 196 g/mol. The van der Waals surface area contributed by atoms with E-state index in [4.69, 9.17) is 5.73 Å². The highest BCUT2D eigenvalue weighted by atomic mass is 16.2. The van der Waals surface area contributed by atoms with E-state index in [9.17, 15) is 4.79 Å². The molecule has 3 heteroatoms. The summed E-state index contributed by atoms with van der Waals surface area (Å²) in [7, 11) is 0. The van der Waals surface area contributed by atoms with Gasteiger partial charge in [0.05, 0.1) is 0 Å². The zero-order valence-corrected chi connectivity index (χ0v) is 9.21. The molecule has 0 saturated heterocycles. The van der Waals surface area contributed by atoms with Crippen molar-refractivity contribution in [3.05, 3.63) is 0 Å². The molecule has 2 rings (SSSR count). The largest absolute Gasteiger partial charge is 0.351 e. The monoisotopic (exact) mass is 196 g/mol. The minimum absolute atomic E-state index is 0.214. The topological polar surface area (TPSA) is 55.1 Å². The highest BCUT2D eigenvalue weighted by Gasteiger charge is 2.50. The number of nitrogens with two attached hydrogens (primary N) is 1. The van der Waals surface area contributed by atoms with E-state index in [1.807, 2.05) is 0 Å². The summed E-state index contributed by atoms with van der Waals surface area (Å²) >= 11 is 0. The molecule has 2 fully saturated rings. The molecule has 0 spiro atoms. The first-order chi connectivity index (χ1) is 6.39. The summed E-state index contributed by atoms with van der Waals surface area (Å²) in [5.74, 6) is 1.04. The number of rotatable bonds is 2. The van der Waals surface area contributed by atoms with Crippen molar-refractivity contribution in [2.24, 2.45) is 23.0 Å².